The maximum Gasteiger partial charge on any atom is 0.550 e. The fourth-order valence-corrected chi connectivity index (χ4v) is 6.04. The average molecular weight is 841 g/mol. The Labute approximate surface area is 332 Å². The zero-order valence-corrected chi connectivity index (χ0v) is 33.0. The summed E-state index contributed by atoms with van der Waals surface area (Å²) in [4.78, 5) is 7.21. The molecule has 10 nitrogen and oxygen atoms in total. The molecule has 308 valence electrons. The second kappa shape index (κ2) is 20.6. The van der Waals surface area contributed by atoms with Gasteiger partial charge in [0.1, 0.15) is 36.9 Å². The number of benzene rings is 4. The lowest BCUT2D eigenvalue weighted by atomic mass is 9.94. The summed E-state index contributed by atoms with van der Waals surface area (Å²) in [5, 5.41) is 0. The van der Waals surface area contributed by atoms with Crippen LogP contribution >= 0.6 is 12.2 Å². The average Bonchev–Trinajstić information content (AvgIpc) is 3.16. The second-order valence-corrected chi connectivity index (χ2v) is 14.9. The van der Waals surface area contributed by atoms with Gasteiger partial charge in [-0.05, 0) is 88.4 Å². The van der Waals surface area contributed by atoms with Crippen molar-refractivity contribution < 1.29 is 53.5 Å². The van der Waals surface area contributed by atoms with Crippen LogP contribution in [0.25, 0.3) is 11.1 Å². The van der Waals surface area contributed by atoms with Crippen LogP contribution in [-0.4, -0.2) is 74.8 Å². The summed E-state index contributed by atoms with van der Waals surface area (Å²) in [5.74, 6) is 0.904. The van der Waals surface area contributed by atoms with Crippen LogP contribution in [0.5, 0.6) is 11.5 Å². The largest absolute Gasteiger partial charge is 0.550 e. The Morgan fingerprint density at radius 1 is 0.632 bits per heavy atom. The van der Waals surface area contributed by atoms with Crippen LogP contribution in [-0.2, 0) is 19.2 Å². The van der Waals surface area contributed by atoms with Gasteiger partial charge in [0, 0.05) is 52.7 Å². The van der Waals surface area contributed by atoms with Crippen molar-refractivity contribution in [3.8, 4) is 11.5 Å². The van der Waals surface area contributed by atoms with Gasteiger partial charge in [0.15, 0.2) is 0 Å². The van der Waals surface area contributed by atoms with Gasteiger partial charge >= 0.3 is 21.9 Å². The van der Waals surface area contributed by atoms with E-state index in [9.17, 15) is 34.8 Å². The van der Waals surface area contributed by atoms with Crippen molar-refractivity contribution in [2.75, 3.05) is 64.3 Å². The smallest absolute Gasteiger partial charge is 0.492 e. The van der Waals surface area contributed by atoms with Crippen LogP contribution in [0.3, 0.4) is 0 Å². The van der Waals surface area contributed by atoms with Crippen molar-refractivity contribution in [3.05, 3.63) is 131 Å². The SMILES string of the molecule is CN(C)c1ccc(C(=CCC=C(c2ccc(OCCNS(=O)(=O)C(F)(F)F)cc2)c2ccc(N(C)C)cc2)c2ccc(OCCNSOOC(F)(F)F)cc2)cc1. The van der Waals surface area contributed by atoms with Crippen molar-refractivity contribution in [2.24, 2.45) is 0 Å². The standard InChI is InChI=1S/C39H42F6N4O6S2/c1-48(2)32-16-8-28(9-17-32)36(30-12-20-34(21-13-30)52-26-24-46-56-55-54-38(40,41)42)6-5-7-37(29-10-18-33(19-11-29)49(3)4)31-14-22-35(23-15-31)53-27-25-47-57(50,51)39(43,44)45/h6-23,46-47H,5,24-27H2,1-4H3. The number of allylic oxidation sites excluding steroid dienone is 2. The van der Waals surface area contributed by atoms with Crippen LogP contribution in [0.4, 0.5) is 37.7 Å². The van der Waals surface area contributed by atoms with E-state index in [1.54, 1.807) is 24.3 Å². The number of alkyl halides is 6. The first-order chi connectivity index (χ1) is 26.9. The number of nitrogens with zero attached hydrogens (tertiary/aromatic N) is 2. The Balaban J connectivity index is 1.55. The molecule has 0 saturated heterocycles. The van der Waals surface area contributed by atoms with Crippen molar-refractivity contribution in [1.29, 1.82) is 0 Å². The molecule has 0 atom stereocenters. The molecule has 0 spiro atoms. The molecular weight excluding hydrogens is 799 g/mol. The van der Waals surface area contributed by atoms with Gasteiger partial charge in [0.05, 0.1) is 0 Å². The number of rotatable bonds is 20. The number of anilines is 2. The van der Waals surface area contributed by atoms with E-state index in [1.807, 2.05) is 111 Å². The van der Waals surface area contributed by atoms with Gasteiger partial charge in [-0.1, -0.05) is 60.7 Å². The van der Waals surface area contributed by atoms with Gasteiger partial charge in [0.25, 0.3) is 0 Å². The third kappa shape index (κ3) is 14.3. The zero-order chi connectivity index (χ0) is 41.6. The Hall–Kier alpha value is -4.72. The predicted molar refractivity (Wildman–Crippen MR) is 211 cm³/mol. The van der Waals surface area contributed by atoms with Gasteiger partial charge in [-0.3, -0.25) is 0 Å². The highest BCUT2D eigenvalue weighted by Gasteiger charge is 2.45. The summed E-state index contributed by atoms with van der Waals surface area (Å²) in [6, 6.07) is 30.6. The summed E-state index contributed by atoms with van der Waals surface area (Å²) in [7, 11) is 2.35. The molecule has 0 saturated carbocycles. The fourth-order valence-electron chi connectivity index (χ4n) is 5.20. The molecule has 4 aromatic carbocycles. The van der Waals surface area contributed by atoms with Crippen LogP contribution in [0.2, 0.25) is 0 Å². The summed E-state index contributed by atoms with van der Waals surface area (Å²) < 4.78 is 116. The molecule has 0 amide bonds. The van der Waals surface area contributed by atoms with Gasteiger partial charge < -0.3 is 19.3 Å². The lowest BCUT2D eigenvalue weighted by molar-refractivity contribution is -0.440. The van der Waals surface area contributed by atoms with Gasteiger partial charge in [-0.25, -0.2) is 17.9 Å². The molecule has 4 rings (SSSR count). The van der Waals surface area contributed by atoms with E-state index >= 15 is 0 Å². The summed E-state index contributed by atoms with van der Waals surface area (Å²) in [6.45, 7) is -0.546. The van der Waals surface area contributed by atoms with Crippen LogP contribution in [0.1, 0.15) is 28.7 Å². The number of halogens is 6. The maximum atomic E-state index is 12.6. The minimum Gasteiger partial charge on any atom is -0.492 e. The molecule has 18 heteroatoms. The number of hydrogen-bond acceptors (Lipinski definition) is 10. The van der Waals surface area contributed by atoms with E-state index in [-0.39, 0.29) is 19.8 Å². The highest BCUT2D eigenvalue weighted by Crippen LogP contribution is 2.31. The normalized spacial score (nSPS) is 12.7. The van der Waals surface area contributed by atoms with E-state index in [0.717, 1.165) is 44.8 Å². The van der Waals surface area contributed by atoms with Gasteiger partial charge in [-0.2, -0.15) is 13.2 Å². The topological polar surface area (TPSA) is 102 Å². The molecule has 4 aromatic rings. The summed E-state index contributed by atoms with van der Waals surface area (Å²) in [5.41, 5.74) is 2.17. The number of hydrogen-bond donors (Lipinski definition) is 2. The summed E-state index contributed by atoms with van der Waals surface area (Å²) >= 11 is 0.293. The first-order valence-corrected chi connectivity index (χ1v) is 19.4. The third-order valence-corrected chi connectivity index (χ3v) is 9.68. The molecule has 0 fully saturated rings. The minimum atomic E-state index is -5.46. The van der Waals surface area contributed by atoms with E-state index in [1.165, 1.54) is 4.72 Å². The Kier molecular flexibility index (Phi) is 16.3. The minimum absolute atomic E-state index is 0.149. The van der Waals surface area contributed by atoms with Crippen LogP contribution < -0.4 is 28.7 Å². The number of ether oxygens (including phenoxy) is 2. The molecule has 0 aromatic heterocycles. The highest BCUT2D eigenvalue weighted by molar-refractivity contribution is 7.92. The Bertz CT molecular complexity index is 2020. The molecule has 0 radical (unpaired) electrons. The predicted octanol–water partition coefficient (Wildman–Crippen LogP) is 8.59. The van der Waals surface area contributed by atoms with Crippen LogP contribution in [0.15, 0.2) is 109 Å². The van der Waals surface area contributed by atoms with Crippen molar-refractivity contribution in [1.82, 2.24) is 9.44 Å². The first kappa shape index (κ1) is 45.0. The van der Waals surface area contributed by atoms with E-state index in [4.69, 9.17) is 9.47 Å². The van der Waals surface area contributed by atoms with Crippen molar-refractivity contribution in [3.63, 3.8) is 0 Å². The molecule has 0 aliphatic carbocycles. The quantitative estimate of drug-likeness (QED) is 0.0225. The zero-order valence-electron chi connectivity index (χ0n) is 31.4. The molecular formula is C39H42F6N4O6S2. The third-order valence-electron chi connectivity index (χ3n) is 8.03. The van der Waals surface area contributed by atoms with E-state index in [0.29, 0.717) is 30.1 Å². The van der Waals surface area contributed by atoms with Crippen LogP contribution in [0, 0.1) is 0 Å². The molecule has 2 N–H and O–H groups in total. The molecule has 0 heterocycles. The Morgan fingerprint density at radius 3 is 1.39 bits per heavy atom. The molecule has 0 aliphatic heterocycles. The summed E-state index contributed by atoms with van der Waals surface area (Å²) in [6.07, 6.45) is -0.194. The van der Waals surface area contributed by atoms with E-state index < -0.39 is 28.4 Å². The lowest BCUT2D eigenvalue weighted by Gasteiger charge is -2.16. The number of sulfonamides is 1. The molecule has 0 aliphatic rings. The van der Waals surface area contributed by atoms with Gasteiger partial charge in [0.2, 0.25) is 0 Å². The number of nitrogens with one attached hydrogen (secondary N) is 2. The highest BCUT2D eigenvalue weighted by atomic mass is 32.2. The Morgan fingerprint density at radius 2 is 1.02 bits per heavy atom. The second-order valence-electron chi connectivity index (χ2n) is 12.5. The fraction of sp³-hybridized carbons (Fsp3) is 0.282. The molecule has 57 heavy (non-hydrogen) atoms. The monoisotopic (exact) mass is 840 g/mol. The lowest BCUT2D eigenvalue weighted by Crippen LogP contribution is -2.38. The van der Waals surface area contributed by atoms with E-state index in [2.05, 4.69) is 26.1 Å². The molecule has 0 unspecified atom stereocenters. The van der Waals surface area contributed by atoms with Gasteiger partial charge in [-0.15, -0.1) is 22.4 Å². The molecule has 0 bridgehead atoms. The van der Waals surface area contributed by atoms with Crippen molar-refractivity contribution >= 4 is 44.8 Å². The first-order valence-electron chi connectivity index (χ1n) is 17.2. The maximum absolute atomic E-state index is 12.6. The van der Waals surface area contributed by atoms with Crippen molar-refractivity contribution in [2.45, 2.75) is 18.3 Å².